The van der Waals surface area contributed by atoms with Gasteiger partial charge in [-0.25, -0.2) is 8.42 Å². The van der Waals surface area contributed by atoms with Crippen LogP contribution in [0.4, 0.5) is 5.69 Å². The molecule has 2 aromatic rings. The van der Waals surface area contributed by atoms with Gasteiger partial charge in [0.05, 0.1) is 11.9 Å². The van der Waals surface area contributed by atoms with Gasteiger partial charge in [-0.05, 0) is 63.9 Å². The lowest BCUT2D eigenvalue weighted by Gasteiger charge is -2.33. The number of anilines is 1. The molecule has 0 aliphatic carbocycles. The van der Waals surface area contributed by atoms with Gasteiger partial charge < -0.3 is 10.2 Å². The van der Waals surface area contributed by atoms with Crippen LogP contribution in [-0.2, 0) is 26.2 Å². The molecular weight excluding hydrogens is 462 g/mol. The van der Waals surface area contributed by atoms with E-state index in [0.29, 0.717) is 10.7 Å². The van der Waals surface area contributed by atoms with Crippen molar-refractivity contribution < 1.29 is 18.0 Å². The summed E-state index contributed by atoms with van der Waals surface area (Å²) in [5, 5.41) is 3.39. The quantitative estimate of drug-likeness (QED) is 0.606. The summed E-state index contributed by atoms with van der Waals surface area (Å²) in [4.78, 5) is 27.8. The number of hydrogen-bond donors (Lipinski definition) is 1. The first-order valence-electron chi connectivity index (χ1n) is 10.6. The second kappa shape index (κ2) is 10.6. The van der Waals surface area contributed by atoms with Crippen molar-refractivity contribution in [1.29, 1.82) is 0 Å². The van der Waals surface area contributed by atoms with Gasteiger partial charge in [0.2, 0.25) is 21.8 Å². The third-order valence-corrected chi connectivity index (χ3v) is 6.33. The number of rotatable bonds is 8. The van der Waals surface area contributed by atoms with Crippen LogP contribution in [0.5, 0.6) is 0 Å². The molecule has 0 bridgehead atoms. The fourth-order valence-corrected chi connectivity index (χ4v) is 4.45. The van der Waals surface area contributed by atoms with Gasteiger partial charge in [-0.3, -0.25) is 13.9 Å². The molecule has 0 fully saturated rings. The molecule has 0 aromatic heterocycles. The number of sulfonamides is 1. The van der Waals surface area contributed by atoms with Gasteiger partial charge in [0.1, 0.15) is 12.6 Å². The van der Waals surface area contributed by atoms with E-state index in [0.717, 1.165) is 21.7 Å². The summed E-state index contributed by atoms with van der Waals surface area (Å²) in [6, 6.07) is 13.1. The Labute approximate surface area is 201 Å². The summed E-state index contributed by atoms with van der Waals surface area (Å²) in [5.74, 6) is -0.833. The highest BCUT2D eigenvalue weighted by atomic mass is 35.5. The fraction of sp³-hybridized carbons (Fsp3) is 0.417. The topological polar surface area (TPSA) is 86.8 Å². The van der Waals surface area contributed by atoms with Gasteiger partial charge in [-0.2, -0.15) is 0 Å². The molecule has 9 heteroatoms. The lowest BCUT2D eigenvalue weighted by Crippen LogP contribution is -2.54. The second-order valence-electron chi connectivity index (χ2n) is 9.12. The van der Waals surface area contributed by atoms with E-state index in [4.69, 9.17) is 11.6 Å². The van der Waals surface area contributed by atoms with Crippen LogP contribution in [0.3, 0.4) is 0 Å². The summed E-state index contributed by atoms with van der Waals surface area (Å²) >= 11 is 6.11. The van der Waals surface area contributed by atoms with Gasteiger partial charge in [0, 0.05) is 17.1 Å². The van der Waals surface area contributed by atoms with Gasteiger partial charge in [-0.1, -0.05) is 41.9 Å². The monoisotopic (exact) mass is 493 g/mol. The zero-order valence-corrected chi connectivity index (χ0v) is 21.5. The van der Waals surface area contributed by atoms with E-state index >= 15 is 0 Å². The minimum atomic E-state index is -3.76. The minimum Gasteiger partial charge on any atom is -0.350 e. The largest absolute Gasteiger partial charge is 0.350 e. The number of nitrogens with one attached hydrogen (secondary N) is 1. The molecule has 0 aliphatic heterocycles. The average molecular weight is 494 g/mol. The van der Waals surface area contributed by atoms with Crippen LogP contribution >= 0.6 is 11.6 Å². The van der Waals surface area contributed by atoms with Gasteiger partial charge >= 0.3 is 0 Å². The Kier molecular flexibility index (Phi) is 8.54. The lowest BCUT2D eigenvalue weighted by atomic mass is 10.1. The first kappa shape index (κ1) is 26.7. The molecule has 1 N–H and O–H groups in total. The van der Waals surface area contributed by atoms with Crippen molar-refractivity contribution in [2.75, 3.05) is 17.1 Å². The third-order valence-electron chi connectivity index (χ3n) is 4.97. The molecule has 1 unspecified atom stereocenters. The first-order valence-corrected chi connectivity index (χ1v) is 12.8. The maximum atomic E-state index is 13.5. The molecule has 0 radical (unpaired) electrons. The van der Waals surface area contributed by atoms with Gasteiger partial charge in [0.15, 0.2) is 0 Å². The van der Waals surface area contributed by atoms with E-state index in [1.807, 2.05) is 20.8 Å². The number of nitrogens with zero attached hydrogens (tertiary/aromatic N) is 2. The smallest absolute Gasteiger partial charge is 0.244 e. The zero-order chi connectivity index (χ0) is 25.0. The van der Waals surface area contributed by atoms with E-state index in [2.05, 4.69) is 5.32 Å². The summed E-state index contributed by atoms with van der Waals surface area (Å²) in [7, 11) is -3.76. The molecule has 0 saturated carbocycles. The standard InChI is InChI=1S/C24H32ClN3O4S/c1-17-10-7-8-13-21(17)28(33(6,31)32)16-22(29)27(15-19-11-9-12-20(25)14-19)18(2)23(30)26-24(3,4)5/h7-14,18H,15-16H2,1-6H3,(H,26,30). The Bertz CT molecular complexity index is 1110. The Morgan fingerprint density at radius 3 is 2.27 bits per heavy atom. The molecule has 0 heterocycles. The molecule has 180 valence electrons. The maximum absolute atomic E-state index is 13.5. The Balaban J connectivity index is 2.42. The molecule has 33 heavy (non-hydrogen) atoms. The second-order valence-corrected chi connectivity index (χ2v) is 11.5. The number of amides is 2. The SMILES string of the molecule is Cc1ccccc1N(CC(=O)N(Cc1cccc(Cl)c1)C(C)C(=O)NC(C)(C)C)S(C)(=O)=O. The highest BCUT2D eigenvalue weighted by molar-refractivity contribution is 7.92. The predicted molar refractivity (Wildman–Crippen MR) is 133 cm³/mol. The van der Waals surface area contributed by atoms with E-state index in [-0.39, 0.29) is 12.5 Å². The predicted octanol–water partition coefficient (Wildman–Crippen LogP) is 3.75. The van der Waals surface area contributed by atoms with Gasteiger partial charge in [0.25, 0.3) is 0 Å². The van der Waals surface area contributed by atoms with Crippen molar-refractivity contribution in [1.82, 2.24) is 10.2 Å². The summed E-state index contributed by atoms with van der Waals surface area (Å²) in [5.41, 5.74) is 1.38. The first-order chi connectivity index (χ1) is 15.2. The van der Waals surface area contributed by atoms with Crippen molar-refractivity contribution in [3.05, 3.63) is 64.7 Å². The number of para-hydroxylation sites is 1. The minimum absolute atomic E-state index is 0.101. The van der Waals surface area contributed by atoms with E-state index in [1.165, 1.54) is 4.90 Å². The van der Waals surface area contributed by atoms with Crippen LogP contribution < -0.4 is 9.62 Å². The molecule has 7 nitrogen and oxygen atoms in total. The molecule has 1 atom stereocenters. The molecule has 0 spiro atoms. The summed E-state index contributed by atoms with van der Waals surface area (Å²) in [6.45, 7) is 8.63. The van der Waals surface area contributed by atoms with E-state index in [1.54, 1.807) is 62.4 Å². The Hall–Kier alpha value is -2.58. The molecule has 2 aromatic carbocycles. The van der Waals surface area contributed by atoms with E-state index in [9.17, 15) is 18.0 Å². The molecular formula is C24H32ClN3O4S. The maximum Gasteiger partial charge on any atom is 0.244 e. The highest BCUT2D eigenvalue weighted by Gasteiger charge is 2.31. The van der Waals surface area contributed by atoms with Gasteiger partial charge in [-0.15, -0.1) is 0 Å². The number of carbonyl (C=O) groups excluding carboxylic acids is 2. The number of halogens is 1. The molecule has 2 rings (SSSR count). The third kappa shape index (κ3) is 7.75. The van der Waals surface area contributed by atoms with Crippen LogP contribution in [0.2, 0.25) is 5.02 Å². The molecule has 0 saturated heterocycles. The van der Waals surface area contributed by atoms with Crippen LogP contribution in [0, 0.1) is 6.92 Å². The van der Waals surface area contributed by atoms with Crippen molar-refractivity contribution in [2.45, 2.75) is 52.7 Å². The Morgan fingerprint density at radius 2 is 1.73 bits per heavy atom. The average Bonchev–Trinajstić information content (AvgIpc) is 2.68. The molecule has 2 amide bonds. The van der Waals surface area contributed by atoms with Crippen LogP contribution in [-0.4, -0.2) is 49.5 Å². The van der Waals surface area contributed by atoms with Crippen LogP contribution in [0.25, 0.3) is 0 Å². The zero-order valence-electron chi connectivity index (χ0n) is 19.9. The van der Waals surface area contributed by atoms with Crippen molar-refractivity contribution in [2.24, 2.45) is 0 Å². The van der Waals surface area contributed by atoms with E-state index < -0.39 is 34.1 Å². The molecule has 0 aliphatic rings. The van der Waals surface area contributed by atoms with Crippen molar-refractivity contribution in [3.8, 4) is 0 Å². The summed E-state index contributed by atoms with van der Waals surface area (Å²) < 4.78 is 26.3. The van der Waals surface area contributed by atoms with Crippen molar-refractivity contribution >= 4 is 39.1 Å². The van der Waals surface area contributed by atoms with Crippen LogP contribution in [0.15, 0.2) is 48.5 Å². The van der Waals surface area contributed by atoms with Crippen molar-refractivity contribution in [3.63, 3.8) is 0 Å². The normalized spacial score (nSPS) is 12.7. The summed E-state index contributed by atoms with van der Waals surface area (Å²) in [6.07, 6.45) is 1.06. The number of carbonyl (C=O) groups is 2. The number of aryl methyl sites for hydroxylation is 1. The lowest BCUT2D eigenvalue weighted by molar-refractivity contribution is -0.140. The highest BCUT2D eigenvalue weighted by Crippen LogP contribution is 2.23. The van der Waals surface area contributed by atoms with Crippen LogP contribution in [0.1, 0.15) is 38.8 Å². The number of benzene rings is 2. The Morgan fingerprint density at radius 1 is 1.09 bits per heavy atom. The fourth-order valence-electron chi connectivity index (χ4n) is 3.33. The number of hydrogen-bond acceptors (Lipinski definition) is 4.